The number of fused-ring (bicyclic) bond motifs is 1. The molecule has 9 heteroatoms. The quantitative estimate of drug-likeness (QED) is 0.0726. The summed E-state index contributed by atoms with van der Waals surface area (Å²) in [6, 6.07) is 27.7. The number of aryl methyl sites for hydroxylation is 6. The molecule has 0 fully saturated rings. The van der Waals surface area contributed by atoms with E-state index in [0.29, 0.717) is 0 Å². The molecule has 0 saturated heterocycles. The summed E-state index contributed by atoms with van der Waals surface area (Å²) in [7, 11) is 11.2. The summed E-state index contributed by atoms with van der Waals surface area (Å²) in [6.45, 7) is 26.9. The van der Waals surface area contributed by atoms with Crippen LogP contribution < -0.4 is 4.90 Å². The molecule has 54 heavy (non-hydrogen) atoms. The first-order valence-electron chi connectivity index (χ1n) is 18.6. The molecule has 0 spiro atoms. The second-order valence-corrected chi connectivity index (χ2v) is 21.5. The molecule has 1 aliphatic heterocycles. The van der Waals surface area contributed by atoms with Crippen LogP contribution in [0.25, 0.3) is 5.57 Å². The minimum absolute atomic E-state index is 0.142. The van der Waals surface area contributed by atoms with Gasteiger partial charge in [-0.2, -0.15) is 0 Å². The van der Waals surface area contributed by atoms with Gasteiger partial charge in [-0.3, -0.25) is 0 Å². The molecule has 0 aromatic heterocycles. The van der Waals surface area contributed by atoms with Crippen LogP contribution in [0.15, 0.2) is 84.9 Å². The summed E-state index contributed by atoms with van der Waals surface area (Å²) in [5.74, 6) is 0. The van der Waals surface area contributed by atoms with Crippen LogP contribution in [0, 0.1) is 41.5 Å². The normalized spacial score (nSPS) is 13.9. The number of hydrogen-bond acceptors (Lipinski definition) is 4. The van der Waals surface area contributed by atoms with Gasteiger partial charge < -0.3 is 23.0 Å². The molecule has 0 amide bonds. The van der Waals surface area contributed by atoms with Gasteiger partial charge in [0.25, 0.3) is 0 Å². The Kier molecular flexibility index (Phi) is 16.8. The summed E-state index contributed by atoms with van der Waals surface area (Å²) < 4.78 is 19.9. The zero-order valence-corrected chi connectivity index (χ0v) is 38.0. The second kappa shape index (κ2) is 20.6. The molecule has 6 rings (SSSR count). The van der Waals surface area contributed by atoms with Crippen LogP contribution in [-0.4, -0.2) is 46.4 Å². The van der Waals surface area contributed by atoms with Gasteiger partial charge >= 0.3 is 129 Å². The van der Waals surface area contributed by atoms with Gasteiger partial charge in [0.1, 0.15) is 13.1 Å². The monoisotopic (exact) mass is 876 g/mol. The maximum absolute atomic E-state index is 6.19. The van der Waals surface area contributed by atoms with Crippen LogP contribution in [0.4, 0.5) is 11.4 Å². The molecule has 0 atom stereocenters. The fourth-order valence-corrected chi connectivity index (χ4v) is 10.4. The Hall–Kier alpha value is -2.53. The molecule has 1 heterocycles. The van der Waals surface area contributed by atoms with E-state index in [1.54, 1.807) is 0 Å². The molecular weight excluding hydrogens is 819 g/mol. The first-order chi connectivity index (χ1) is 25.5. The minimum atomic E-state index is -1.88. The van der Waals surface area contributed by atoms with Crippen molar-refractivity contribution in [2.75, 3.05) is 18.0 Å². The SMILES string of the molecule is CC(C)OP(OC(C)C)OC(C)C.Cc1cc(C)c(N2[C-]=[N+](c3c(C)cc(C)cc3C)CC2)c(C)c1.[Cl][Ru]([Cl])=[C]1C=C(c2ccccc2)c2ccccc21. The number of nitrogens with zero attached hydrogens (tertiary/aromatic N) is 2. The van der Waals surface area contributed by atoms with E-state index in [-0.39, 0.29) is 18.3 Å². The van der Waals surface area contributed by atoms with E-state index in [2.05, 4.69) is 118 Å². The van der Waals surface area contributed by atoms with Gasteiger partial charge in [0.2, 0.25) is 6.34 Å². The molecular formula is C45H57Cl2N2O3PRu. The van der Waals surface area contributed by atoms with Crippen molar-refractivity contribution in [2.45, 2.75) is 101 Å². The van der Waals surface area contributed by atoms with Gasteiger partial charge in [-0.25, -0.2) is 0 Å². The van der Waals surface area contributed by atoms with Crippen LogP contribution >= 0.6 is 28.0 Å². The molecule has 292 valence electrons. The van der Waals surface area contributed by atoms with E-state index in [1.165, 1.54) is 67.0 Å². The summed E-state index contributed by atoms with van der Waals surface area (Å²) >= 11 is -1.88. The topological polar surface area (TPSA) is 33.9 Å². The van der Waals surface area contributed by atoms with E-state index < -0.39 is 22.1 Å². The van der Waals surface area contributed by atoms with E-state index in [1.807, 2.05) is 65.8 Å². The Morgan fingerprint density at radius 2 is 1.13 bits per heavy atom. The van der Waals surface area contributed by atoms with Gasteiger partial charge in [0, 0.05) is 11.4 Å². The van der Waals surface area contributed by atoms with E-state index in [0.717, 1.165) is 17.2 Å². The maximum atomic E-state index is 6.19. The Morgan fingerprint density at radius 1 is 0.667 bits per heavy atom. The Balaban J connectivity index is 0.000000189. The van der Waals surface area contributed by atoms with E-state index in [4.69, 9.17) is 33.0 Å². The van der Waals surface area contributed by atoms with Gasteiger partial charge in [0.05, 0.1) is 18.3 Å². The van der Waals surface area contributed by atoms with Crippen molar-refractivity contribution in [3.05, 3.63) is 135 Å². The van der Waals surface area contributed by atoms with Gasteiger partial charge in [-0.05, 0) is 83.1 Å². The molecule has 0 saturated carbocycles. The summed E-state index contributed by atoms with van der Waals surface area (Å²) in [5.41, 5.74) is 15.4. The van der Waals surface area contributed by atoms with Crippen molar-refractivity contribution in [3.8, 4) is 0 Å². The standard InChI is InChI=1S/C21H26N2.C15H10.C9H21O3P.2ClH.Ru/c1-14-9-16(3)20(17(4)10-14)22-7-8-23(13-22)21-18(5)11-15(2)12-19(21)6;1-2-6-12(7-3-1)15-11-10-13-8-4-5-9-14(13)15;1-7(2)10-13(11-8(3)4)12-9(5)6;;;/h9-12H,7-8H2,1-6H3;1-9,11H;7-9H,1-6H3;2*1H;/q;;;;;+2/p-2. The Morgan fingerprint density at radius 3 is 1.61 bits per heavy atom. The number of rotatable bonds is 9. The molecule has 0 N–H and O–H groups in total. The Labute approximate surface area is 339 Å². The van der Waals surface area contributed by atoms with Crippen molar-refractivity contribution in [2.24, 2.45) is 0 Å². The van der Waals surface area contributed by atoms with Crippen molar-refractivity contribution in [3.63, 3.8) is 0 Å². The predicted octanol–water partition coefficient (Wildman–Crippen LogP) is 12.7. The average Bonchev–Trinajstić information content (AvgIpc) is 3.70. The molecule has 0 unspecified atom stereocenters. The first-order valence-corrected chi connectivity index (χ1v) is 25.0. The van der Waals surface area contributed by atoms with Crippen LogP contribution in [-0.2, 0) is 27.1 Å². The number of anilines is 1. The van der Waals surface area contributed by atoms with Crippen LogP contribution in [0.2, 0.25) is 0 Å². The Bertz CT molecular complexity index is 1920. The van der Waals surface area contributed by atoms with Crippen LogP contribution in [0.5, 0.6) is 0 Å². The third-order valence-electron chi connectivity index (χ3n) is 8.45. The molecule has 5 nitrogen and oxygen atoms in total. The van der Waals surface area contributed by atoms with Crippen molar-refractivity contribution >= 4 is 55.4 Å². The van der Waals surface area contributed by atoms with Crippen molar-refractivity contribution < 1.29 is 31.7 Å². The fraction of sp³-hybridized carbons (Fsp3) is 0.378. The van der Waals surface area contributed by atoms with Crippen molar-refractivity contribution in [1.29, 1.82) is 0 Å². The zero-order valence-electron chi connectivity index (χ0n) is 33.9. The molecule has 2 aliphatic rings. The third-order valence-corrected chi connectivity index (χ3v) is 13.4. The summed E-state index contributed by atoms with van der Waals surface area (Å²) in [5, 5.41) is 0. The van der Waals surface area contributed by atoms with Gasteiger partial charge in [-0.15, -0.1) is 0 Å². The molecule has 0 radical (unpaired) electrons. The molecule has 4 aromatic carbocycles. The number of allylic oxidation sites excluding steroid dienone is 1. The zero-order chi connectivity index (χ0) is 39.7. The van der Waals surface area contributed by atoms with Crippen LogP contribution in [0.1, 0.15) is 91.6 Å². The van der Waals surface area contributed by atoms with Gasteiger partial charge in [0.15, 0.2) is 0 Å². The number of hydrogen-bond donors (Lipinski definition) is 0. The second-order valence-electron chi connectivity index (χ2n) is 14.6. The molecule has 1 aliphatic carbocycles. The third kappa shape index (κ3) is 12.2. The molecule has 4 aromatic rings. The predicted molar refractivity (Wildman–Crippen MR) is 230 cm³/mol. The average molecular weight is 877 g/mol. The van der Waals surface area contributed by atoms with Gasteiger partial charge in [-0.1, -0.05) is 57.6 Å². The summed E-state index contributed by atoms with van der Waals surface area (Å²) in [6.07, 6.45) is 6.17. The summed E-state index contributed by atoms with van der Waals surface area (Å²) in [4.78, 5) is 2.28. The number of halogens is 2. The fourth-order valence-electron chi connectivity index (χ4n) is 6.72. The van der Waals surface area contributed by atoms with Crippen molar-refractivity contribution in [1.82, 2.24) is 0 Å². The van der Waals surface area contributed by atoms with E-state index in [9.17, 15) is 0 Å². The van der Waals surface area contributed by atoms with Crippen LogP contribution in [0.3, 0.4) is 0 Å². The number of benzene rings is 4. The van der Waals surface area contributed by atoms with E-state index >= 15 is 0 Å². The molecule has 0 bridgehead atoms. The first kappa shape index (κ1) is 44.2.